The van der Waals surface area contributed by atoms with E-state index in [2.05, 4.69) is 22.8 Å². The second-order valence-corrected chi connectivity index (χ2v) is 7.61. The number of ether oxygens (including phenoxy) is 1. The van der Waals surface area contributed by atoms with E-state index in [9.17, 15) is 13.2 Å². The van der Waals surface area contributed by atoms with E-state index >= 15 is 0 Å². The molecule has 1 fully saturated rings. The van der Waals surface area contributed by atoms with Crippen LogP contribution in [0.4, 0.5) is 13.2 Å². The molecule has 0 saturated carbocycles. The molecule has 1 unspecified atom stereocenters. The van der Waals surface area contributed by atoms with Gasteiger partial charge in [0.1, 0.15) is 5.75 Å². The summed E-state index contributed by atoms with van der Waals surface area (Å²) in [6, 6.07) is 14.1. The van der Waals surface area contributed by atoms with Gasteiger partial charge in [-0.3, -0.25) is 0 Å². The first-order chi connectivity index (χ1) is 13.5. The molecular formula is C22H27Cl2F3N2O. The highest BCUT2D eigenvalue weighted by Crippen LogP contribution is 2.46. The molecule has 0 spiro atoms. The lowest BCUT2D eigenvalue weighted by atomic mass is 9.97. The molecule has 1 heterocycles. The Hall–Kier alpha value is -1.47. The van der Waals surface area contributed by atoms with Crippen molar-refractivity contribution < 1.29 is 17.9 Å². The van der Waals surface area contributed by atoms with Crippen LogP contribution in [-0.4, -0.2) is 25.9 Å². The van der Waals surface area contributed by atoms with Gasteiger partial charge in [-0.2, -0.15) is 13.2 Å². The molecule has 2 aliphatic rings. The van der Waals surface area contributed by atoms with E-state index < -0.39 is 12.1 Å². The SMILES string of the molecule is COc1cc2c(cc1CN[C@H]1CCN[C@H]1c1ccccc1)C(C(F)(F)F)CC2.Cl.Cl. The highest BCUT2D eigenvalue weighted by Gasteiger charge is 2.44. The van der Waals surface area contributed by atoms with Crippen molar-refractivity contribution in [1.82, 2.24) is 10.6 Å². The monoisotopic (exact) mass is 462 g/mol. The van der Waals surface area contributed by atoms with Crippen LogP contribution in [0.25, 0.3) is 0 Å². The average Bonchev–Trinajstić information content (AvgIpc) is 3.32. The molecule has 0 amide bonds. The number of nitrogens with one attached hydrogen (secondary N) is 2. The molecule has 0 bridgehead atoms. The van der Waals surface area contributed by atoms with Crippen molar-refractivity contribution >= 4 is 24.8 Å². The summed E-state index contributed by atoms with van der Waals surface area (Å²) in [6.07, 6.45) is -2.65. The summed E-state index contributed by atoms with van der Waals surface area (Å²) in [7, 11) is 1.57. The number of fused-ring (bicyclic) bond motifs is 1. The van der Waals surface area contributed by atoms with Crippen LogP contribution in [0.5, 0.6) is 5.75 Å². The highest BCUT2D eigenvalue weighted by atomic mass is 35.5. The van der Waals surface area contributed by atoms with Gasteiger partial charge in [-0.05, 0) is 54.6 Å². The van der Waals surface area contributed by atoms with Gasteiger partial charge in [0.2, 0.25) is 0 Å². The number of rotatable bonds is 5. The van der Waals surface area contributed by atoms with Crippen molar-refractivity contribution in [1.29, 1.82) is 0 Å². The van der Waals surface area contributed by atoms with Crippen molar-refractivity contribution in [3.63, 3.8) is 0 Å². The smallest absolute Gasteiger partial charge is 0.395 e. The van der Waals surface area contributed by atoms with Gasteiger partial charge in [-0.1, -0.05) is 30.3 Å². The minimum absolute atomic E-state index is 0. The van der Waals surface area contributed by atoms with E-state index in [4.69, 9.17) is 4.74 Å². The molecule has 8 heteroatoms. The van der Waals surface area contributed by atoms with Crippen LogP contribution >= 0.6 is 24.8 Å². The zero-order valence-electron chi connectivity index (χ0n) is 16.7. The number of alkyl halides is 3. The maximum atomic E-state index is 13.4. The van der Waals surface area contributed by atoms with Gasteiger partial charge in [0, 0.05) is 24.2 Å². The van der Waals surface area contributed by atoms with Crippen molar-refractivity contribution in [3.05, 3.63) is 64.7 Å². The number of methoxy groups -OCH3 is 1. The summed E-state index contributed by atoms with van der Waals surface area (Å²) >= 11 is 0. The largest absolute Gasteiger partial charge is 0.496 e. The van der Waals surface area contributed by atoms with Crippen LogP contribution in [0.3, 0.4) is 0 Å². The fourth-order valence-corrected chi connectivity index (χ4v) is 4.52. The van der Waals surface area contributed by atoms with Crippen LogP contribution < -0.4 is 15.4 Å². The molecule has 3 nitrogen and oxygen atoms in total. The van der Waals surface area contributed by atoms with Gasteiger partial charge in [-0.15, -0.1) is 24.8 Å². The molecular weight excluding hydrogens is 436 g/mol. The Morgan fingerprint density at radius 2 is 1.83 bits per heavy atom. The van der Waals surface area contributed by atoms with Gasteiger partial charge >= 0.3 is 6.18 Å². The van der Waals surface area contributed by atoms with E-state index in [1.54, 1.807) is 19.2 Å². The summed E-state index contributed by atoms with van der Waals surface area (Å²) in [5, 5.41) is 7.06. The lowest BCUT2D eigenvalue weighted by Crippen LogP contribution is -2.34. The van der Waals surface area contributed by atoms with Crippen LogP contribution in [0.15, 0.2) is 42.5 Å². The maximum absolute atomic E-state index is 13.4. The van der Waals surface area contributed by atoms with Crippen molar-refractivity contribution in [2.24, 2.45) is 0 Å². The van der Waals surface area contributed by atoms with Crippen LogP contribution in [-0.2, 0) is 13.0 Å². The first kappa shape index (κ1) is 24.8. The maximum Gasteiger partial charge on any atom is 0.395 e. The average molecular weight is 463 g/mol. The molecule has 166 valence electrons. The highest BCUT2D eigenvalue weighted by molar-refractivity contribution is 5.85. The minimum Gasteiger partial charge on any atom is -0.496 e. The third-order valence-corrected chi connectivity index (χ3v) is 5.95. The quantitative estimate of drug-likeness (QED) is 0.630. The molecule has 1 aliphatic carbocycles. The molecule has 1 aliphatic heterocycles. The predicted molar refractivity (Wildman–Crippen MR) is 117 cm³/mol. The second-order valence-electron chi connectivity index (χ2n) is 7.61. The van der Waals surface area contributed by atoms with Crippen molar-refractivity contribution in [3.8, 4) is 5.75 Å². The zero-order chi connectivity index (χ0) is 19.7. The Kier molecular flexibility index (Phi) is 8.45. The van der Waals surface area contributed by atoms with Crippen LogP contribution in [0.1, 0.15) is 47.1 Å². The number of aryl methyl sites for hydroxylation is 1. The van der Waals surface area contributed by atoms with Crippen molar-refractivity contribution in [2.75, 3.05) is 13.7 Å². The van der Waals surface area contributed by atoms with Gasteiger partial charge < -0.3 is 15.4 Å². The molecule has 0 radical (unpaired) electrons. The fourth-order valence-electron chi connectivity index (χ4n) is 4.52. The Bertz CT molecular complexity index is 833. The van der Waals surface area contributed by atoms with E-state index in [1.165, 1.54) is 5.56 Å². The Morgan fingerprint density at radius 3 is 2.50 bits per heavy atom. The number of benzene rings is 2. The number of hydrogen-bond acceptors (Lipinski definition) is 3. The fraction of sp³-hybridized carbons (Fsp3) is 0.455. The summed E-state index contributed by atoms with van der Waals surface area (Å²) < 4.78 is 45.6. The van der Waals surface area contributed by atoms with E-state index in [1.807, 2.05) is 18.2 Å². The van der Waals surface area contributed by atoms with Gasteiger partial charge in [0.15, 0.2) is 0 Å². The van der Waals surface area contributed by atoms with Crippen LogP contribution in [0.2, 0.25) is 0 Å². The van der Waals surface area contributed by atoms with E-state index in [-0.39, 0.29) is 43.3 Å². The predicted octanol–water partition coefficient (Wildman–Crippen LogP) is 5.32. The van der Waals surface area contributed by atoms with E-state index in [0.717, 1.165) is 24.1 Å². The molecule has 2 aromatic carbocycles. The molecule has 2 aromatic rings. The zero-order valence-corrected chi connectivity index (χ0v) is 18.3. The third kappa shape index (κ3) is 5.05. The number of hydrogen-bond donors (Lipinski definition) is 2. The summed E-state index contributed by atoms with van der Waals surface area (Å²) in [6.45, 7) is 1.39. The van der Waals surface area contributed by atoms with Gasteiger partial charge in [-0.25, -0.2) is 0 Å². The number of halogens is 5. The van der Waals surface area contributed by atoms with Gasteiger partial charge in [0.05, 0.1) is 13.0 Å². The van der Waals surface area contributed by atoms with Crippen LogP contribution in [0, 0.1) is 0 Å². The molecule has 1 saturated heterocycles. The Labute approximate surface area is 187 Å². The molecule has 30 heavy (non-hydrogen) atoms. The summed E-state index contributed by atoms with van der Waals surface area (Å²) in [5.74, 6) is -0.700. The summed E-state index contributed by atoms with van der Waals surface area (Å²) in [4.78, 5) is 0. The first-order valence-corrected chi connectivity index (χ1v) is 9.75. The Balaban J connectivity index is 0.00000160. The van der Waals surface area contributed by atoms with Crippen molar-refractivity contribution in [2.45, 2.75) is 50.0 Å². The molecule has 3 atom stereocenters. The Morgan fingerprint density at radius 1 is 1.10 bits per heavy atom. The third-order valence-electron chi connectivity index (χ3n) is 5.95. The van der Waals surface area contributed by atoms with E-state index in [0.29, 0.717) is 24.3 Å². The standard InChI is InChI=1S/C22H25F3N2O.2ClH/c1-28-20-12-15-7-8-18(22(23,24)25)17(15)11-16(20)13-27-19-9-10-26-21(19)14-5-3-2-4-6-14;;/h2-6,11-12,18-19,21,26-27H,7-10,13H2,1H3;2*1H/t18?,19-,21-;;/m0../s1. The minimum atomic E-state index is -4.20. The lowest BCUT2D eigenvalue weighted by molar-refractivity contribution is -0.149. The second kappa shape index (κ2) is 10.2. The molecule has 2 N–H and O–H groups in total. The summed E-state index contributed by atoms with van der Waals surface area (Å²) in [5.41, 5.74) is 3.17. The lowest BCUT2D eigenvalue weighted by Gasteiger charge is -2.23. The first-order valence-electron chi connectivity index (χ1n) is 9.75. The molecule has 0 aromatic heterocycles. The molecule has 4 rings (SSSR count). The van der Waals surface area contributed by atoms with Gasteiger partial charge in [0.25, 0.3) is 0 Å². The normalized spacial score (nSPS) is 22.7. The topological polar surface area (TPSA) is 33.3 Å².